The van der Waals surface area contributed by atoms with Crippen molar-refractivity contribution in [1.29, 1.82) is 0 Å². The van der Waals surface area contributed by atoms with Crippen LogP contribution < -0.4 is 5.32 Å². The van der Waals surface area contributed by atoms with Crippen LogP contribution in [0.2, 0.25) is 0 Å². The molecule has 2 atom stereocenters. The molecule has 2 aromatic rings. The molecule has 1 aromatic carbocycles. The first-order chi connectivity index (χ1) is 12.7. The first-order valence-electron chi connectivity index (χ1n) is 8.32. The number of amides is 1. The highest BCUT2D eigenvalue weighted by molar-refractivity contribution is 7.91. The van der Waals surface area contributed by atoms with Gasteiger partial charge in [-0.1, -0.05) is 12.1 Å². The van der Waals surface area contributed by atoms with E-state index in [9.17, 15) is 22.4 Å². The number of halogens is 1. The Kier molecular flexibility index (Phi) is 5.31. The van der Waals surface area contributed by atoms with Gasteiger partial charge in [-0.05, 0) is 37.6 Å². The van der Waals surface area contributed by atoms with Gasteiger partial charge in [0.25, 0.3) is 5.91 Å². The fraction of sp³-hybridized carbons (Fsp3) is 0.333. The minimum absolute atomic E-state index is 0.0251. The lowest BCUT2D eigenvalue weighted by atomic mass is 10.1. The number of nitrogens with one attached hydrogen (secondary N) is 1. The summed E-state index contributed by atoms with van der Waals surface area (Å²) >= 11 is 0. The second-order valence-electron chi connectivity index (χ2n) is 6.30. The van der Waals surface area contributed by atoms with Gasteiger partial charge in [-0.25, -0.2) is 17.6 Å². The summed E-state index contributed by atoms with van der Waals surface area (Å²) in [5.74, 6) is -2.07. The molecule has 1 aliphatic heterocycles. The summed E-state index contributed by atoms with van der Waals surface area (Å²) in [4.78, 5) is 24.2. The number of benzene rings is 1. The quantitative estimate of drug-likeness (QED) is 0.776. The summed E-state index contributed by atoms with van der Waals surface area (Å²) in [5.41, 5.74) is 0.199. The van der Waals surface area contributed by atoms with Crippen LogP contribution in [0.5, 0.6) is 0 Å². The number of carbonyl (C=O) groups excluding carboxylic acids is 2. The Morgan fingerprint density at radius 2 is 2.00 bits per heavy atom. The van der Waals surface area contributed by atoms with Crippen LogP contribution >= 0.6 is 0 Å². The SMILES string of the molecule is C[C@H](OC(=O)c1ccc(-c2ccccc2F)o1)C(=O)N[C@@H]1CCS(=O)(=O)C1. The normalized spacial score (nSPS) is 19.4. The molecule has 0 radical (unpaired) electrons. The molecule has 9 heteroatoms. The molecule has 1 saturated heterocycles. The average molecular weight is 395 g/mol. The van der Waals surface area contributed by atoms with Crippen molar-refractivity contribution in [3.05, 3.63) is 48.0 Å². The van der Waals surface area contributed by atoms with Crippen molar-refractivity contribution in [2.75, 3.05) is 11.5 Å². The second kappa shape index (κ2) is 7.51. The van der Waals surface area contributed by atoms with Crippen LogP contribution in [0, 0.1) is 5.82 Å². The van der Waals surface area contributed by atoms with Crippen LogP contribution in [0.4, 0.5) is 4.39 Å². The third-order valence-corrected chi connectivity index (χ3v) is 5.95. The van der Waals surface area contributed by atoms with E-state index in [1.54, 1.807) is 6.07 Å². The predicted molar refractivity (Wildman–Crippen MR) is 94.2 cm³/mol. The van der Waals surface area contributed by atoms with Gasteiger partial charge in [-0.15, -0.1) is 0 Å². The molecule has 1 amide bonds. The Morgan fingerprint density at radius 1 is 1.26 bits per heavy atom. The maximum Gasteiger partial charge on any atom is 0.375 e. The molecule has 7 nitrogen and oxygen atoms in total. The standard InChI is InChI=1S/C18H18FNO6S/c1-11(17(21)20-12-8-9-27(23,24)10-12)25-18(22)16-7-6-15(26-16)13-4-2-3-5-14(13)19/h2-7,11-12H,8-10H2,1H3,(H,20,21)/t11-,12+/m0/s1. The Labute approximate surface area is 155 Å². The number of sulfone groups is 1. The van der Waals surface area contributed by atoms with E-state index in [4.69, 9.17) is 9.15 Å². The molecule has 0 aliphatic carbocycles. The predicted octanol–water partition coefficient (Wildman–Crippen LogP) is 1.93. The van der Waals surface area contributed by atoms with Crippen LogP contribution in [-0.4, -0.2) is 43.9 Å². The molecular formula is C18H18FNO6S. The smallest absolute Gasteiger partial charge is 0.375 e. The van der Waals surface area contributed by atoms with Crippen molar-refractivity contribution in [3.8, 4) is 11.3 Å². The molecule has 2 heterocycles. The molecule has 0 unspecified atom stereocenters. The molecule has 0 saturated carbocycles. The van der Waals surface area contributed by atoms with Gasteiger partial charge in [0.2, 0.25) is 5.76 Å². The molecule has 27 heavy (non-hydrogen) atoms. The topological polar surface area (TPSA) is 103 Å². The van der Waals surface area contributed by atoms with Crippen LogP contribution in [0.25, 0.3) is 11.3 Å². The van der Waals surface area contributed by atoms with Crippen molar-refractivity contribution < 1.29 is 31.6 Å². The van der Waals surface area contributed by atoms with Crippen LogP contribution in [0.1, 0.15) is 23.9 Å². The highest BCUT2D eigenvalue weighted by Crippen LogP contribution is 2.25. The van der Waals surface area contributed by atoms with Gasteiger partial charge in [0.05, 0.1) is 17.1 Å². The average Bonchev–Trinajstić information content (AvgIpc) is 3.22. The maximum atomic E-state index is 13.8. The third kappa shape index (κ3) is 4.54. The number of carbonyl (C=O) groups is 2. The Bertz CT molecular complexity index is 968. The number of rotatable bonds is 5. The van der Waals surface area contributed by atoms with Gasteiger partial charge in [-0.3, -0.25) is 4.79 Å². The Balaban J connectivity index is 1.60. The van der Waals surface area contributed by atoms with Crippen molar-refractivity contribution in [3.63, 3.8) is 0 Å². The minimum Gasteiger partial charge on any atom is -0.449 e. The molecular weight excluding hydrogens is 377 g/mol. The number of ether oxygens (including phenoxy) is 1. The van der Waals surface area contributed by atoms with E-state index in [0.29, 0.717) is 6.42 Å². The third-order valence-electron chi connectivity index (χ3n) is 4.18. The van der Waals surface area contributed by atoms with E-state index < -0.39 is 39.7 Å². The molecule has 3 rings (SSSR count). The van der Waals surface area contributed by atoms with Crippen LogP contribution in [0.15, 0.2) is 40.8 Å². The lowest BCUT2D eigenvalue weighted by Gasteiger charge is -2.16. The number of hydrogen-bond acceptors (Lipinski definition) is 6. The van der Waals surface area contributed by atoms with Gasteiger partial charge in [-0.2, -0.15) is 0 Å². The van der Waals surface area contributed by atoms with Crippen molar-refractivity contribution in [2.45, 2.75) is 25.5 Å². The van der Waals surface area contributed by atoms with E-state index in [1.165, 1.54) is 37.3 Å². The lowest BCUT2D eigenvalue weighted by Crippen LogP contribution is -2.42. The summed E-state index contributed by atoms with van der Waals surface area (Å²) in [6, 6.07) is 8.23. The highest BCUT2D eigenvalue weighted by Gasteiger charge is 2.31. The monoisotopic (exact) mass is 395 g/mol. The summed E-state index contributed by atoms with van der Waals surface area (Å²) in [5, 5.41) is 2.55. The molecule has 1 N–H and O–H groups in total. The first kappa shape index (κ1) is 19.1. The van der Waals surface area contributed by atoms with E-state index >= 15 is 0 Å². The first-order valence-corrected chi connectivity index (χ1v) is 10.1. The van der Waals surface area contributed by atoms with Gasteiger partial charge in [0, 0.05) is 6.04 Å². The fourth-order valence-electron chi connectivity index (χ4n) is 2.75. The maximum absolute atomic E-state index is 13.8. The van der Waals surface area contributed by atoms with E-state index in [0.717, 1.165) is 0 Å². The summed E-state index contributed by atoms with van der Waals surface area (Å²) in [7, 11) is -3.13. The van der Waals surface area contributed by atoms with Crippen LogP contribution in [-0.2, 0) is 19.4 Å². The molecule has 1 aliphatic rings. The van der Waals surface area contributed by atoms with E-state index in [2.05, 4.69) is 5.32 Å². The Hall–Kier alpha value is -2.68. The van der Waals surface area contributed by atoms with Crippen molar-refractivity contribution in [1.82, 2.24) is 5.32 Å². The molecule has 0 spiro atoms. The van der Waals surface area contributed by atoms with Gasteiger partial charge in [0.1, 0.15) is 11.6 Å². The summed E-state index contributed by atoms with van der Waals surface area (Å²) in [6.45, 7) is 1.37. The summed E-state index contributed by atoms with van der Waals surface area (Å²) in [6.07, 6.45) is -0.804. The number of furan rings is 1. The molecule has 0 bridgehead atoms. The second-order valence-corrected chi connectivity index (χ2v) is 8.53. The van der Waals surface area contributed by atoms with E-state index in [1.807, 2.05) is 0 Å². The molecule has 1 fully saturated rings. The van der Waals surface area contributed by atoms with E-state index in [-0.39, 0.29) is 28.6 Å². The minimum atomic E-state index is -3.13. The van der Waals surface area contributed by atoms with Crippen LogP contribution in [0.3, 0.4) is 0 Å². The Morgan fingerprint density at radius 3 is 2.67 bits per heavy atom. The number of hydrogen-bond donors (Lipinski definition) is 1. The number of esters is 1. The van der Waals surface area contributed by atoms with Gasteiger partial charge >= 0.3 is 5.97 Å². The lowest BCUT2D eigenvalue weighted by molar-refractivity contribution is -0.129. The van der Waals surface area contributed by atoms with Crippen molar-refractivity contribution in [2.24, 2.45) is 0 Å². The zero-order valence-electron chi connectivity index (χ0n) is 14.5. The largest absolute Gasteiger partial charge is 0.449 e. The zero-order chi connectivity index (χ0) is 19.6. The highest BCUT2D eigenvalue weighted by atomic mass is 32.2. The van der Waals surface area contributed by atoms with Crippen molar-refractivity contribution >= 4 is 21.7 Å². The summed E-state index contributed by atoms with van der Waals surface area (Å²) < 4.78 is 47.0. The molecule has 1 aromatic heterocycles. The molecule has 144 valence electrons. The van der Waals surface area contributed by atoms with Gasteiger partial charge < -0.3 is 14.5 Å². The van der Waals surface area contributed by atoms with Gasteiger partial charge in [0.15, 0.2) is 15.9 Å². The fourth-order valence-corrected chi connectivity index (χ4v) is 4.43. The zero-order valence-corrected chi connectivity index (χ0v) is 15.3.